The van der Waals surface area contributed by atoms with E-state index in [1.807, 2.05) is 19.9 Å². The van der Waals surface area contributed by atoms with Gasteiger partial charge in [-0.2, -0.15) is 0 Å². The molecule has 0 spiro atoms. The zero-order valence-electron chi connectivity index (χ0n) is 10.2. The van der Waals surface area contributed by atoms with Crippen LogP contribution in [0.3, 0.4) is 0 Å². The zero-order valence-corrected chi connectivity index (χ0v) is 10.2. The van der Waals surface area contributed by atoms with Gasteiger partial charge in [0.2, 0.25) is 0 Å². The summed E-state index contributed by atoms with van der Waals surface area (Å²) in [6.07, 6.45) is 0. The Bertz CT molecular complexity index is 330. The number of ether oxygens (including phenoxy) is 1. The van der Waals surface area contributed by atoms with Crippen molar-refractivity contribution in [2.24, 2.45) is 0 Å². The first-order chi connectivity index (χ1) is 7.66. The maximum atomic E-state index is 11.3. The summed E-state index contributed by atoms with van der Waals surface area (Å²) in [5.74, 6) is -1.51. The first kappa shape index (κ1) is 14.4. The van der Waals surface area contributed by atoms with Crippen LogP contribution in [0.1, 0.15) is 32.3 Å². The molecule has 0 bridgehead atoms. The molecular formula is C13H18O3. The fourth-order valence-corrected chi connectivity index (χ4v) is 1.30. The Morgan fingerprint density at radius 3 is 2.00 bits per heavy atom. The fraction of sp³-hybridized carbons (Fsp3) is 0.385. The number of methoxy groups -OCH3 is 1. The van der Waals surface area contributed by atoms with Crippen LogP contribution < -0.4 is 0 Å². The highest BCUT2D eigenvalue weighted by Crippen LogP contribution is 2.17. The number of Topliss-reactive ketones (excluding diaryl/α,β-unsaturated/α-hetero) is 1. The Morgan fingerprint density at radius 1 is 1.12 bits per heavy atom. The van der Waals surface area contributed by atoms with Crippen LogP contribution in [-0.4, -0.2) is 18.9 Å². The largest absolute Gasteiger partial charge is 0.468 e. The van der Waals surface area contributed by atoms with Gasteiger partial charge in [-0.3, -0.25) is 9.59 Å². The van der Waals surface area contributed by atoms with Crippen LogP contribution in [0.15, 0.2) is 30.3 Å². The van der Waals surface area contributed by atoms with Crippen molar-refractivity contribution in [3.63, 3.8) is 0 Å². The minimum Gasteiger partial charge on any atom is -0.468 e. The van der Waals surface area contributed by atoms with Crippen molar-refractivity contribution in [2.75, 3.05) is 7.11 Å². The summed E-state index contributed by atoms with van der Waals surface area (Å²) in [5.41, 5.74) is 0.673. The molecule has 3 nitrogen and oxygen atoms in total. The van der Waals surface area contributed by atoms with Crippen molar-refractivity contribution in [1.29, 1.82) is 0 Å². The Balaban J connectivity index is 0.00000106. The van der Waals surface area contributed by atoms with E-state index in [0.717, 1.165) is 0 Å². The summed E-state index contributed by atoms with van der Waals surface area (Å²) in [5, 5.41) is 0. The van der Waals surface area contributed by atoms with E-state index in [9.17, 15) is 9.59 Å². The topological polar surface area (TPSA) is 43.4 Å². The van der Waals surface area contributed by atoms with Crippen molar-refractivity contribution in [1.82, 2.24) is 0 Å². The van der Waals surface area contributed by atoms with Crippen molar-refractivity contribution in [3.8, 4) is 0 Å². The Kier molecular flexibility index (Phi) is 6.84. The normalized spacial score (nSPS) is 10.8. The van der Waals surface area contributed by atoms with Crippen molar-refractivity contribution < 1.29 is 14.3 Å². The van der Waals surface area contributed by atoms with E-state index < -0.39 is 11.9 Å². The van der Waals surface area contributed by atoms with Gasteiger partial charge in [0.05, 0.1) is 7.11 Å². The number of hydrogen-bond donors (Lipinski definition) is 0. The van der Waals surface area contributed by atoms with Crippen LogP contribution in [0.5, 0.6) is 0 Å². The second-order valence-corrected chi connectivity index (χ2v) is 2.98. The molecule has 3 heteroatoms. The van der Waals surface area contributed by atoms with Crippen molar-refractivity contribution in [3.05, 3.63) is 35.9 Å². The van der Waals surface area contributed by atoms with Gasteiger partial charge in [0.25, 0.3) is 0 Å². The van der Waals surface area contributed by atoms with E-state index in [4.69, 9.17) is 0 Å². The average molecular weight is 222 g/mol. The third-order valence-electron chi connectivity index (χ3n) is 1.98. The maximum Gasteiger partial charge on any atom is 0.320 e. The molecule has 1 atom stereocenters. The van der Waals surface area contributed by atoms with E-state index in [2.05, 4.69) is 4.74 Å². The molecule has 0 saturated heterocycles. The standard InChI is InChI=1S/C11H12O3.C2H6/c1-8(12)10(11(13)14-2)9-6-4-3-5-7-9;1-2/h3-7,10H,1-2H3;1-2H3. The SMILES string of the molecule is CC.COC(=O)C(C(C)=O)c1ccccc1. The van der Waals surface area contributed by atoms with Gasteiger partial charge in [0.15, 0.2) is 0 Å². The summed E-state index contributed by atoms with van der Waals surface area (Å²) < 4.78 is 4.57. The fourth-order valence-electron chi connectivity index (χ4n) is 1.30. The number of rotatable bonds is 3. The molecule has 0 saturated carbocycles. The van der Waals surface area contributed by atoms with E-state index in [0.29, 0.717) is 5.56 Å². The monoisotopic (exact) mass is 222 g/mol. The summed E-state index contributed by atoms with van der Waals surface area (Å²) in [6.45, 7) is 5.38. The van der Waals surface area contributed by atoms with Gasteiger partial charge in [0.1, 0.15) is 11.7 Å². The highest BCUT2D eigenvalue weighted by atomic mass is 16.5. The predicted octanol–water partition coefficient (Wildman–Crippen LogP) is 2.56. The minimum absolute atomic E-state index is 0.206. The van der Waals surface area contributed by atoms with Gasteiger partial charge in [-0.1, -0.05) is 44.2 Å². The van der Waals surface area contributed by atoms with Crippen LogP contribution in [-0.2, 0) is 14.3 Å². The van der Waals surface area contributed by atoms with Gasteiger partial charge in [-0.25, -0.2) is 0 Å². The number of esters is 1. The number of hydrogen-bond acceptors (Lipinski definition) is 3. The van der Waals surface area contributed by atoms with Gasteiger partial charge in [0, 0.05) is 0 Å². The summed E-state index contributed by atoms with van der Waals surface area (Å²) in [6, 6.07) is 8.88. The van der Waals surface area contributed by atoms with Gasteiger partial charge < -0.3 is 4.74 Å². The maximum absolute atomic E-state index is 11.3. The molecule has 0 aromatic heterocycles. The smallest absolute Gasteiger partial charge is 0.320 e. The predicted molar refractivity (Wildman–Crippen MR) is 63.2 cm³/mol. The quantitative estimate of drug-likeness (QED) is 0.583. The van der Waals surface area contributed by atoms with Crippen molar-refractivity contribution >= 4 is 11.8 Å². The Labute approximate surface area is 96.4 Å². The molecule has 0 aliphatic rings. The first-order valence-corrected chi connectivity index (χ1v) is 5.30. The Hall–Kier alpha value is -1.64. The van der Waals surface area contributed by atoms with E-state index >= 15 is 0 Å². The van der Waals surface area contributed by atoms with Crippen LogP contribution >= 0.6 is 0 Å². The first-order valence-electron chi connectivity index (χ1n) is 5.30. The van der Waals surface area contributed by atoms with Gasteiger partial charge in [-0.05, 0) is 12.5 Å². The molecule has 0 aliphatic heterocycles. The van der Waals surface area contributed by atoms with E-state index in [1.54, 1.807) is 24.3 Å². The average Bonchev–Trinajstić information content (AvgIpc) is 2.32. The van der Waals surface area contributed by atoms with E-state index in [-0.39, 0.29) is 5.78 Å². The molecule has 0 N–H and O–H groups in total. The summed E-state index contributed by atoms with van der Waals surface area (Å²) in [4.78, 5) is 22.6. The highest BCUT2D eigenvalue weighted by Gasteiger charge is 2.25. The summed E-state index contributed by atoms with van der Waals surface area (Å²) in [7, 11) is 1.28. The molecule has 0 radical (unpaired) electrons. The minimum atomic E-state index is -0.791. The lowest BCUT2D eigenvalue weighted by Gasteiger charge is -2.10. The molecule has 1 aromatic rings. The lowest BCUT2D eigenvalue weighted by Crippen LogP contribution is -2.20. The second kappa shape index (κ2) is 7.63. The molecule has 16 heavy (non-hydrogen) atoms. The zero-order chi connectivity index (χ0) is 12.6. The number of carbonyl (C=O) groups is 2. The number of ketones is 1. The number of benzene rings is 1. The van der Waals surface area contributed by atoms with Crippen LogP contribution in [0, 0.1) is 0 Å². The lowest BCUT2D eigenvalue weighted by atomic mass is 9.96. The Morgan fingerprint density at radius 2 is 1.62 bits per heavy atom. The molecule has 1 aromatic carbocycles. The molecular weight excluding hydrogens is 204 g/mol. The van der Waals surface area contributed by atoms with Crippen LogP contribution in [0.4, 0.5) is 0 Å². The number of carbonyl (C=O) groups excluding carboxylic acids is 2. The van der Waals surface area contributed by atoms with Gasteiger partial charge >= 0.3 is 5.97 Å². The van der Waals surface area contributed by atoms with Crippen LogP contribution in [0.25, 0.3) is 0 Å². The molecule has 0 heterocycles. The highest BCUT2D eigenvalue weighted by molar-refractivity contribution is 6.03. The third kappa shape index (κ3) is 3.85. The molecule has 1 unspecified atom stereocenters. The summed E-state index contributed by atoms with van der Waals surface area (Å²) >= 11 is 0. The second-order valence-electron chi connectivity index (χ2n) is 2.98. The van der Waals surface area contributed by atoms with Crippen LogP contribution in [0.2, 0.25) is 0 Å². The van der Waals surface area contributed by atoms with Crippen molar-refractivity contribution in [2.45, 2.75) is 26.7 Å². The molecule has 88 valence electrons. The molecule has 0 aliphatic carbocycles. The molecule has 0 fully saturated rings. The third-order valence-corrected chi connectivity index (χ3v) is 1.98. The van der Waals surface area contributed by atoms with Gasteiger partial charge in [-0.15, -0.1) is 0 Å². The molecule has 0 amide bonds. The lowest BCUT2D eigenvalue weighted by molar-refractivity contribution is -0.145. The molecule has 1 rings (SSSR count). The van der Waals surface area contributed by atoms with E-state index in [1.165, 1.54) is 14.0 Å².